The maximum Gasteiger partial charge on any atom is 0.413 e. The Kier molecular flexibility index (Phi) is 4.20. The molecular weight excluding hydrogens is 348 g/mol. The van der Waals surface area contributed by atoms with Gasteiger partial charge in [0.1, 0.15) is 5.60 Å². The van der Waals surface area contributed by atoms with Gasteiger partial charge >= 0.3 is 6.09 Å². The van der Waals surface area contributed by atoms with Gasteiger partial charge in [-0.3, -0.25) is 9.69 Å². The first-order valence-corrected chi connectivity index (χ1v) is 9.32. The third kappa shape index (κ3) is 3.08. The van der Waals surface area contributed by atoms with E-state index < -0.39 is 23.5 Å². The molecule has 0 spiro atoms. The summed E-state index contributed by atoms with van der Waals surface area (Å²) in [4.78, 5) is 29.0. The van der Waals surface area contributed by atoms with Crippen molar-refractivity contribution in [2.24, 2.45) is 0 Å². The number of hydrogen-bond acceptors (Lipinski definition) is 5. The summed E-state index contributed by atoms with van der Waals surface area (Å²) < 4.78 is 17.4. The lowest BCUT2D eigenvalue weighted by atomic mass is 9.90. The van der Waals surface area contributed by atoms with Crippen LogP contribution < -0.4 is 0 Å². The van der Waals surface area contributed by atoms with E-state index in [1.807, 2.05) is 58.0 Å². The molecule has 0 aliphatic carbocycles. The highest BCUT2D eigenvalue weighted by molar-refractivity contribution is 5.89. The number of nitrogens with zero attached hydrogens (tertiary/aromatic N) is 2. The van der Waals surface area contributed by atoms with Crippen LogP contribution in [0.4, 0.5) is 4.79 Å². The fourth-order valence-electron chi connectivity index (χ4n) is 4.09. The second kappa shape index (κ2) is 6.21. The maximum absolute atomic E-state index is 12.9. The van der Waals surface area contributed by atoms with Gasteiger partial charge in [-0.2, -0.15) is 0 Å². The molecule has 4 atom stereocenters. The van der Waals surface area contributed by atoms with E-state index >= 15 is 0 Å². The summed E-state index contributed by atoms with van der Waals surface area (Å²) in [5.41, 5.74) is -0.499. The van der Waals surface area contributed by atoms with Crippen LogP contribution in [0.2, 0.25) is 0 Å². The van der Waals surface area contributed by atoms with Crippen LogP contribution in [0.3, 0.4) is 0 Å². The third-order valence-corrected chi connectivity index (χ3v) is 5.31. The largest absolute Gasteiger partial charge is 0.444 e. The Morgan fingerprint density at radius 3 is 2.67 bits per heavy atom. The second-order valence-corrected chi connectivity index (χ2v) is 8.58. The summed E-state index contributed by atoms with van der Waals surface area (Å²) in [7, 11) is 0. The van der Waals surface area contributed by atoms with Gasteiger partial charge in [0.05, 0.1) is 25.3 Å². The Bertz CT molecular complexity index is 746. The number of benzene rings is 1. The van der Waals surface area contributed by atoms with Crippen LogP contribution in [0, 0.1) is 0 Å². The first kappa shape index (κ1) is 18.3. The quantitative estimate of drug-likeness (QED) is 0.742. The van der Waals surface area contributed by atoms with Gasteiger partial charge in [0.25, 0.3) is 5.91 Å². The van der Waals surface area contributed by atoms with Gasteiger partial charge in [-0.1, -0.05) is 30.3 Å². The Balaban J connectivity index is 1.60. The molecule has 3 aliphatic rings. The Morgan fingerprint density at radius 1 is 1.30 bits per heavy atom. The molecule has 3 aliphatic heterocycles. The fourth-order valence-corrected chi connectivity index (χ4v) is 4.09. The van der Waals surface area contributed by atoms with E-state index in [0.29, 0.717) is 13.2 Å². The molecule has 3 heterocycles. The first-order chi connectivity index (χ1) is 12.7. The van der Waals surface area contributed by atoms with Crippen LogP contribution in [0.25, 0.3) is 0 Å². The number of carbonyl (C=O) groups is 2. The van der Waals surface area contributed by atoms with Crippen molar-refractivity contribution >= 4 is 12.0 Å². The van der Waals surface area contributed by atoms with Crippen LogP contribution in [-0.2, 0) is 25.5 Å². The smallest absolute Gasteiger partial charge is 0.413 e. The van der Waals surface area contributed by atoms with Crippen molar-refractivity contribution in [1.82, 2.24) is 9.80 Å². The Hall–Kier alpha value is -2.12. The number of ether oxygens (including phenoxy) is 3. The van der Waals surface area contributed by atoms with E-state index in [2.05, 4.69) is 0 Å². The predicted octanol–water partition coefficient (Wildman–Crippen LogP) is 2.15. The lowest BCUT2D eigenvalue weighted by Crippen LogP contribution is -2.71. The van der Waals surface area contributed by atoms with Crippen LogP contribution in [0.5, 0.6) is 0 Å². The lowest BCUT2D eigenvalue weighted by molar-refractivity contribution is -0.186. The molecule has 7 heteroatoms. The molecule has 3 fully saturated rings. The topological polar surface area (TPSA) is 68.3 Å². The molecular formula is C20H26N2O5. The van der Waals surface area contributed by atoms with E-state index in [9.17, 15) is 9.59 Å². The van der Waals surface area contributed by atoms with E-state index in [4.69, 9.17) is 14.2 Å². The predicted molar refractivity (Wildman–Crippen MR) is 96.7 cm³/mol. The molecule has 2 bridgehead atoms. The molecule has 3 saturated heterocycles. The summed E-state index contributed by atoms with van der Waals surface area (Å²) in [6.45, 7) is 8.31. The molecule has 4 rings (SSSR count). The highest BCUT2D eigenvalue weighted by Gasteiger charge is 2.63. The van der Waals surface area contributed by atoms with Crippen LogP contribution in [-0.4, -0.2) is 64.5 Å². The van der Waals surface area contributed by atoms with Crippen molar-refractivity contribution in [3.63, 3.8) is 0 Å². The normalized spacial score (nSPS) is 32.6. The third-order valence-electron chi connectivity index (χ3n) is 5.31. The van der Waals surface area contributed by atoms with Crippen molar-refractivity contribution in [2.45, 2.75) is 63.8 Å². The minimum atomic E-state index is -0.928. The van der Waals surface area contributed by atoms with Crippen molar-refractivity contribution in [2.75, 3.05) is 13.2 Å². The van der Waals surface area contributed by atoms with Gasteiger partial charge in [-0.05, 0) is 33.3 Å². The zero-order valence-electron chi connectivity index (χ0n) is 16.2. The molecule has 0 saturated carbocycles. The number of carbonyl (C=O) groups excluding carboxylic acids is 2. The number of hydrogen-bond donors (Lipinski definition) is 0. The Morgan fingerprint density at radius 2 is 2.00 bits per heavy atom. The number of amides is 2. The highest BCUT2D eigenvalue weighted by Crippen LogP contribution is 2.42. The standard InChI is InChI=1S/C20H26N2O5/c1-19(2,3)27-18(24)22-14-11-26-20(22,4)12-25-16-15(14)21(17(16)23)10-13-8-6-5-7-9-13/h5-9,14-16H,10-12H2,1-4H3/t14-,15+,16-,20+/m0/s1. The molecule has 0 N–H and O–H groups in total. The minimum absolute atomic E-state index is 0.0378. The second-order valence-electron chi connectivity index (χ2n) is 8.58. The molecule has 1 aromatic carbocycles. The molecule has 27 heavy (non-hydrogen) atoms. The molecule has 1 aromatic rings. The summed E-state index contributed by atoms with van der Waals surface area (Å²) >= 11 is 0. The Labute approximate surface area is 159 Å². The van der Waals surface area contributed by atoms with Gasteiger partial charge in [0, 0.05) is 6.54 Å². The minimum Gasteiger partial charge on any atom is -0.444 e. The van der Waals surface area contributed by atoms with Gasteiger partial charge in [-0.25, -0.2) is 4.79 Å². The zero-order chi connectivity index (χ0) is 19.4. The van der Waals surface area contributed by atoms with Crippen molar-refractivity contribution in [1.29, 1.82) is 0 Å². The summed E-state index contributed by atoms with van der Waals surface area (Å²) in [6.07, 6.45) is -0.967. The van der Waals surface area contributed by atoms with Crippen molar-refractivity contribution < 1.29 is 23.8 Å². The number of β-lactam (4-membered cyclic amide) rings is 1. The maximum atomic E-state index is 12.9. The van der Waals surface area contributed by atoms with E-state index in [1.165, 1.54) is 0 Å². The van der Waals surface area contributed by atoms with E-state index in [-0.39, 0.29) is 24.6 Å². The fraction of sp³-hybridized carbons (Fsp3) is 0.600. The van der Waals surface area contributed by atoms with Gasteiger partial charge in [0.2, 0.25) is 0 Å². The summed E-state index contributed by atoms with van der Waals surface area (Å²) in [5, 5.41) is 0. The lowest BCUT2D eigenvalue weighted by Gasteiger charge is -2.49. The van der Waals surface area contributed by atoms with E-state index in [1.54, 1.807) is 9.80 Å². The van der Waals surface area contributed by atoms with Crippen LogP contribution in [0.15, 0.2) is 30.3 Å². The first-order valence-electron chi connectivity index (χ1n) is 9.32. The molecule has 0 aromatic heterocycles. The zero-order valence-corrected chi connectivity index (χ0v) is 16.2. The number of fused-ring (bicyclic) bond motifs is 4. The average Bonchev–Trinajstić information content (AvgIpc) is 2.86. The molecule has 2 amide bonds. The molecule has 7 nitrogen and oxygen atoms in total. The molecule has 146 valence electrons. The van der Waals surface area contributed by atoms with Crippen molar-refractivity contribution in [3.8, 4) is 0 Å². The van der Waals surface area contributed by atoms with Crippen molar-refractivity contribution in [3.05, 3.63) is 35.9 Å². The summed E-state index contributed by atoms with van der Waals surface area (Å²) in [6, 6.07) is 9.28. The summed E-state index contributed by atoms with van der Waals surface area (Å²) in [5.74, 6) is -0.0378. The SMILES string of the molecule is CC(C)(C)OC(=O)N1[C@H]2CO[C@]1(C)CO[C@@H]1C(=O)N(Cc3ccccc3)[C@@H]12. The van der Waals surface area contributed by atoms with Crippen LogP contribution >= 0.6 is 0 Å². The van der Waals surface area contributed by atoms with Gasteiger partial charge in [-0.15, -0.1) is 0 Å². The number of likely N-dealkylation sites (tertiary alicyclic amines) is 1. The average molecular weight is 374 g/mol. The van der Waals surface area contributed by atoms with Crippen LogP contribution in [0.1, 0.15) is 33.3 Å². The van der Waals surface area contributed by atoms with E-state index in [0.717, 1.165) is 5.56 Å². The molecule has 0 unspecified atom stereocenters. The van der Waals surface area contributed by atoms with Gasteiger partial charge < -0.3 is 19.1 Å². The van der Waals surface area contributed by atoms with Gasteiger partial charge in [0.15, 0.2) is 11.8 Å². The number of rotatable bonds is 2. The molecule has 0 radical (unpaired) electrons. The highest BCUT2D eigenvalue weighted by atomic mass is 16.6. The monoisotopic (exact) mass is 374 g/mol.